The molecule has 0 unspecified atom stereocenters. The van der Waals surface area contributed by atoms with E-state index in [1.165, 1.54) is 54.7 Å². The number of rotatable bonds is 10. The number of pyridine rings is 2. The van der Waals surface area contributed by atoms with E-state index in [0.29, 0.717) is 156 Å². The highest BCUT2D eigenvalue weighted by atomic mass is 19.4. The van der Waals surface area contributed by atoms with E-state index in [1.807, 2.05) is 4.57 Å². The van der Waals surface area contributed by atoms with Crippen LogP contribution in [0.2, 0.25) is 0 Å². The fraction of sp³-hybridized carbons (Fsp3) is 0.0769. The molecule has 0 N–H and O–H groups in total. The first-order valence-corrected chi connectivity index (χ1v) is 40.7. The summed E-state index contributed by atoms with van der Waals surface area (Å²) >= 11 is 0. The van der Waals surface area contributed by atoms with Gasteiger partial charge in [0.1, 0.15) is 11.6 Å². The van der Waals surface area contributed by atoms with E-state index < -0.39 is 116 Å². The molecule has 136 heavy (non-hydrogen) atoms. The van der Waals surface area contributed by atoms with E-state index >= 15 is 0 Å². The second-order valence-corrected chi connectivity index (χ2v) is 31.9. The number of aromatic nitrogens is 6. The SMILES string of the molecule is N#Cc1cccc(-c2cc(-n3c4ccccc4c4cc(-c5ccc(C(F)(F)F)cc5C(F)(F)F)ccc43)ncc2-n2c3ccccc3c3cc(-c4ccc(C(F)(F)F)cc4C(F)(F)F)ccc32)c1.N#Cc1cccc(-c2cc(-n3c4ccccc4c4ccc(-c5ccc(C(F)(F)F)cc5C(F)(F)F)cc43)ncc2-n2c3ccccc3c3ccc(-c4ccc(C(F)(F)F)cc4C(F)(F)F)cc32)c1. The minimum absolute atomic E-state index is 0.0133. The topological polar surface area (TPSA) is 93.1 Å². The summed E-state index contributed by atoms with van der Waals surface area (Å²) in [7, 11) is 0. The molecule has 0 saturated heterocycles. The van der Waals surface area contributed by atoms with Gasteiger partial charge in [-0.05, 0) is 201 Å². The predicted octanol–water partition coefficient (Wildman–Crippen LogP) is 32.4. The van der Waals surface area contributed by atoms with Gasteiger partial charge in [-0.2, -0.15) is 116 Å². The first kappa shape index (κ1) is 89.1. The van der Waals surface area contributed by atoms with Gasteiger partial charge >= 0.3 is 49.4 Å². The minimum atomic E-state index is -5.16. The number of hydrogen-bond donors (Lipinski definition) is 0. The molecule has 0 bridgehead atoms. The maximum atomic E-state index is 14.5. The van der Waals surface area contributed by atoms with Crippen molar-refractivity contribution in [2.24, 2.45) is 0 Å². The molecule has 0 aliphatic rings. The van der Waals surface area contributed by atoms with Gasteiger partial charge in [-0.3, -0.25) is 9.13 Å². The number of fused-ring (bicyclic) bond motifs is 12. The predicted molar refractivity (Wildman–Crippen MR) is 468 cm³/mol. The molecule has 8 nitrogen and oxygen atoms in total. The van der Waals surface area contributed by atoms with E-state index in [9.17, 15) is 116 Å². The van der Waals surface area contributed by atoms with Crippen LogP contribution in [-0.4, -0.2) is 28.2 Å². The van der Waals surface area contributed by atoms with Gasteiger partial charge in [0.15, 0.2) is 0 Å². The van der Waals surface area contributed by atoms with Crippen LogP contribution in [0.15, 0.2) is 316 Å². The van der Waals surface area contributed by atoms with E-state index in [0.717, 1.165) is 24.3 Å². The van der Waals surface area contributed by atoms with Crippen molar-refractivity contribution in [3.8, 4) is 102 Å². The molecule has 6 aromatic heterocycles. The van der Waals surface area contributed by atoms with Crippen molar-refractivity contribution in [2.75, 3.05) is 0 Å². The minimum Gasteiger partial charge on any atom is -0.307 e. The number of benzene rings is 14. The summed E-state index contributed by atoms with van der Waals surface area (Å²) in [5, 5.41) is 24.5. The van der Waals surface area contributed by atoms with Gasteiger partial charge in [-0.1, -0.05) is 158 Å². The fourth-order valence-corrected chi connectivity index (χ4v) is 17.8. The standard InChI is InChI=1S/2C52H26F12N4/c53-49(54,55)32-14-16-34(41(23-32)51(59,60)61)30-12-18-45-39(21-30)36-8-1-3-10-43(36)67(45)47-27-66-48(25-38(47)29-7-5-6-28(20-29)26-65)68-44-11-4-2-9-37(44)40-22-31(13-19-46(40)68)35-17-15-33(50(56,57)58)24-42(35)52(62,63)64;53-49(54,55)32-14-18-34(41(23-32)51(59,60)61)30-12-16-38-36-8-1-3-10-43(36)67(45(38)21-30)47-27-66-48(25-40(47)29-7-5-6-28(20-29)26-65)68-44-11-4-2-9-37(44)39-17-13-31(22-46(39)68)35-19-15-33(50(56,57)58)24-42(35)52(62,63)64/h2*1-25,27H. The molecular formula is C104H52F24N8. The van der Waals surface area contributed by atoms with Crippen LogP contribution in [0, 0.1) is 22.7 Å². The highest BCUT2D eigenvalue weighted by Crippen LogP contribution is 2.52. The van der Waals surface area contributed by atoms with Gasteiger partial charge in [0.2, 0.25) is 0 Å². The zero-order valence-electron chi connectivity index (χ0n) is 68.7. The summed E-state index contributed by atoms with van der Waals surface area (Å²) in [6.07, 6.45) is -37.6. The monoisotopic (exact) mass is 1870 g/mol. The summed E-state index contributed by atoms with van der Waals surface area (Å²) in [5.74, 6) is 0.541. The summed E-state index contributed by atoms with van der Waals surface area (Å²) < 4.78 is 344. The average molecular weight is 1870 g/mol. The Morgan fingerprint density at radius 1 is 0.199 bits per heavy atom. The zero-order chi connectivity index (χ0) is 96.2. The molecule has 0 aliphatic heterocycles. The van der Waals surface area contributed by atoms with Crippen LogP contribution in [0.25, 0.3) is 177 Å². The Bertz CT molecular complexity index is 8400. The third-order valence-corrected chi connectivity index (χ3v) is 23.8. The summed E-state index contributed by atoms with van der Waals surface area (Å²) in [6.45, 7) is 0. The molecule has 20 rings (SSSR count). The quantitative estimate of drug-likeness (QED) is 0.128. The lowest BCUT2D eigenvalue weighted by Crippen LogP contribution is -2.12. The van der Waals surface area contributed by atoms with E-state index in [4.69, 9.17) is 9.97 Å². The van der Waals surface area contributed by atoms with Crippen LogP contribution in [0.5, 0.6) is 0 Å². The smallest absolute Gasteiger partial charge is 0.307 e. The largest absolute Gasteiger partial charge is 0.417 e. The Morgan fingerprint density at radius 3 is 0.779 bits per heavy atom. The third kappa shape index (κ3) is 15.9. The first-order chi connectivity index (χ1) is 64.4. The third-order valence-electron chi connectivity index (χ3n) is 23.8. The van der Waals surface area contributed by atoms with Gasteiger partial charge in [-0.15, -0.1) is 0 Å². The molecule has 0 fully saturated rings. The van der Waals surface area contributed by atoms with Gasteiger partial charge in [0.25, 0.3) is 0 Å². The number of halogens is 24. The van der Waals surface area contributed by atoms with Crippen LogP contribution in [0.3, 0.4) is 0 Å². The molecule has 14 aromatic carbocycles. The summed E-state index contributed by atoms with van der Waals surface area (Å²) in [4.78, 5) is 9.81. The maximum Gasteiger partial charge on any atom is 0.417 e. The van der Waals surface area contributed by atoms with Crippen LogP contribution in [-0.2, 0) is 49.4 Å². The second kappa shape index (κ2) is 32.4. The Kier molecular flexibility index (Phi) is 21.2. The highest BCUT2D eigenvalue weighted by molar-refractivity contribution is 6.15. The molecule has 0 radical (unpaired) electrons. The van der Waals surface area contributed by atoms with Crippen molar-refractivity contribution < 1.29 is 105 Å². The molecule has 0 aliphatic carbocycles. The van der Waals surface area contributed by atoms with E-state index in [1.54, 1.807) is 202 Å². The lowest BCUT2D eigenvalue weighted by molar-refractivity contribution is -0.144. The van der Waals surface area contributed by atoms with Crippen molar-refractivity contribution in [3.05, 3.63) is 371 Å². The first-order valence-electron chi connectivity index (χ1n) is 40.7. The molecule has 6 heterocycles. The van der Waals surface area contributed by atoms with Gasteiger partial charge < -0.3 is 9.13 Å². The summed E-state index contributed by atoms with van der Waals surface area (Å²) in [5.41, 5.74) is -6.36. The van der Waals surface area contributed by atoms with Gasteiger partial charge in [-0.25, -0.2) is 9.97 Å². The molecule has 20 aromatic rings. The Hall–Kier alpha value is -16.1. The lowest BCUT2D eigenvalue weighted by Gasteiger charge is -2.18. The Balaban J connectivity index is 0.000000174. The molecule has 32 heteroatoms. The number of para-hydroxylation sites is 4. The second-order valence-electron chi connectivity index (χ2n) is 31.9. The number of alkyl halides is 24. The molecule has 0 spiro atoms. The van der Waals surface area contributed by atoms with Crippen molar-refractivity contribution in [2.45, 2.75) is 49.4 Å². The van der Waals surface area contributed by atoms with Crippen molar-refractivity contribution in [1.29, 1.82) is 10.5 Å². The van der Waals surface area contributed by atoms with Crippen LogP contribution in [0.1, 0.15) is 55.6 Å². The number of nitrogens with zero attached hydrogens (tertiary/aromatic N) is 8. The van der Waals surface area contributed by atoms with Crippen molar-refractivity contribution in [3.63, 3.8) is 0 Å². The van der Waals surface area contributed by atoms with Gasteiger partial charge in [0, 0.05) is 54.2 Å². The molecule has 676 valence electrons. The highest BCUT2D eigenvalue weighted by Gasteiger charge is 2.44. The number of hydrogen-bond acceptors (Lipinski definition) is 4. The lowest BCUT2D eigenvalue weighted by atomic mass is 9.95. The fourth-order valence-electron chi connectivity index (χ4n) is 17.8. The number of nitriles is 2. The van der Waals surface area contributed by atoms with E-state index in [2.05, 4.69) is 12.1 Å². The van der Waals surface area contributed by atoms with Gasteiger partial charge in [0.05, 0.1) is 136 Å². The molecule has 0 amide bonds. The Morgan fingerprint density at radius 2 is 0.456 bits per heavy atom. The zero-order valence-corrected chi connectivity index (χ0v) is 68.7. The molecule has 0 atom stereocenters. The molecule has 0 saturated carbocycles. The summed E-state index contributed by atoms with van der Waals surface area (Å²) in [6, 6.07) is 72.6. The maximum absolute atomic E-state index is 14.5. The van der Waals surface area contributed by atoms with Crippen molar-refractivity contribution >= 4 is 87.2 Å². The molecular weight excluding hydrogens is 1820 g/mol. The van der Waals surface area contributed by atoms with Crippen molar-refractivity contribution in [1.82, 2.24) is 28.2 Å². The Labute approximate surface area is 750 Å². The van der Waals surface area contributed by atoms with Crippen LogP contribution in [0.4, 0.5) is 105 Å². The normalized spacial score (nSPS) is 12.7. The average Bonchev–Trinajstić information content (AvgIpc) is 1.57. The van der Waals surface area contributed by atoms with E-state index in [-0.39, 0.29) is 57.9 Å². The van der Waals surface area contributed by atoms with Crippen LogP contribution >= 0.6 is 0 Å². The van der Waals surface area contributed by atoms with Crippen LogP contribution < -0.4 is 0 Å².